The molecule has 5 heteroatoms. The smallest absolute Gasteiger partial charge is 0.252 e. The second-order valence-electron chi connectivity index (χ2n) is 3.34. The number of rotatable bonds is 1. The van der Waals surface area contributed by atoms with E-state index in [9.17, 15) is 4.79 Å². The zero-order chi connectivity index (χ0) is 9.47. The number of carbonyl (C=O) groups excluding carboxylic acids is 1. The molecule has 68 valence electrons. The highest BCUT2D eigenvalue weighted by Crippen LogP contribution is 2.18. The maximum Gasteiger partial charge on any atom is 0.252 e. The summed E-state index contributed by atoms with van der Waals surface area (Å²) in [5, 5.41) is 2.73. The number of amidine groups is 1. The lowest BCUT2D eigenvalue weighted by Crippen LogP contribution is -2.34. The van der Waals surface area contributed by atoms with Crippen LogP contribution in [0.2, 0.25) is 0 Å². The maximum atomic E-state index is 11.4. The molecule has 13 heavy (non-hydrogen) atoms. The molecular weight excluding hydrogens is 186 g/mol. The first-order valence-corrected chi connectivity index (χ1v) is 4.78. The van der Waals surface area contributed by atoms with Gasteiger partial charge in [0.05, 0.1) is 10.4 Å². The zero-order valence-corrected chi connectivity index (χ0v) is 8.18. The number of nitrogens with zero attached hydrogens (tertiary/aromatic N) is 2. The Bertz CT molecular complexity index is 367. The van der Waals surface area contributed by atoms with E-state index in [4.69, 9.17) is 0 Å². The van der Waals surface area contributed by atoms with E-state index in [1.165, 1.54) is 11.3 Å². The molecule has 0 fully saturated rings. The van der Waals surface area contributed by atoms with Crippen molar-refractivity contribution in [2.75, 3.05) is 0 Å². The lowest BCUT2D eigenvalue weighted by molar-refractivity contribution is -0.122. The molecule has 0 aromatic carbocycles. The number of hydrogen-bond acceptors (Lipinski definition) is 4. The highest BCUT2D eigenvalue weighted by molar-refractivity contribution is 7.11. The molecule has 0 radical (unpaired) electrons. The molecule has 0 unspecified atom stereocenters. The first kappa shape index (κ1) is 8.37. The first-order chi connectivity index (χ1) is 6.09. The molecule has 1 aromatic heterocycles. The van der Waals surface area contributed by atoms with E-state index in [0.29, 0.717) is 5.84 Å². The molecule has 0 saturated carbocycles. The van der Waals surface area contributed by atoms with Crippen LogP contribution in [0.25, 0.3) is 0 Å². The van der Waals surface area contributed by atoms with Crippen LogP contribution in [0, 0.1) is 0 Å². The Labute approximate surface area is 79.7 Å². The summed E-state index contributed by atoms with van der Waals surface area (Å²) in [6, 6.07) is 0. The van der Waals surface area contributed by atoms with Gasteiger partial charge in [0.1, 0.15) is 11.4 Å². The fourth-order valence-corrected chi connectivity index (χ4v) is 1.63. The van der Waals surface area contributed by atoms with Crippen LogP contribution in [0.1, 0.15) is 18.7 Å². The van der Waals surface area contributed by atoms with E-state index < -0.39 is 5.54 Å². The van der Waals surface area contributed by atoms with Gasteiger partial charge in [0.15, 0.2) is 0 Å². The Morgan fingerprint density at radius 2 is 2.31 bits per heavy atom. The minimum atomic E-state index is -0.640. The Hall–Kier alpha value is -1.23. The van der Waals surface area contributed by atoms with Crippen molar-refractivity contribution in [3.8, 4) is 0 Å². The van der Waals surface area contributed by atoms with Crippen molar-refractivity contribution >= 4 is 23.1 Å². The molecule has 0 spiro atoms. The largest absolute Gasteiger partial charge is 0.308 e. The molecule has 1 N–H and O–H groups in total. The fraction of sp³-hybridized carbons (Fsp3) is 0.375. The molecule has 4 nitrogen and oxygen atoms in total. The van der Waals surface area contributed by atoms with Crippen molar-refractivity contribution in [1.82, 2.24) is 10.3 Å². The van der Waals surface area contributed by atoms with Crippen molar-refractivity contribution in [2.45, 2.75) is 19.4 Å². The van der Waals surface area contributed by atoms with Crippen LogP contribution >= 0.6 is 11.3 Å². The third-order valence-corrected chi connectivity index (χ3v) is 2.62. The molecular formula is C8H9N3OS. The molecule has 2 heterocycles. The second-order valence-corrected chi connectivity index (χ2v) is 4.23. The third-order valence-electron chi connectivity index (χ3n) is 1.84. The number of amides is 1. The van der Waals surface area contributed by atoms with Crippen molar-refractivity contribution in [3.63, 3.8) is 0 Å². The van der Waals surface area contributed by atoms with Gasteiger partial charge < -0.3 is 5.32 Å². The van der Waals surface area contributed by atoms with Crippen LogP contribution in [0.5, 0.6) is 0 Å². The highest BCUT2D eigenvalue weighted by Gasteiger charge is 2.34. The van der Waals surface area contributed by atoms with Gasteiger partial charge in [-0.3, -0.25) is 14.8 Å². The molecule has 1 amide bonds. The van der Waals surface area contributed by atoms with Crippen LogP contribution in [-0.2, 0) is 4.79 Å². The molecule has 0 atom stereocenters. The van der Waals surface area contributed by atoms with Gasteiger partial charge in [0, 0.05) is 6.20 Å². The summed E-state index contributed by atoms with van der Waals surface area (Å²) in [6.07, 6.45) is 1.70. The Morgan fingerprint density at radius 1 is 1.54 bits per heavy atom. The average molecular weight is 195 g/mol. The van der Waals surface area contributed by atoms with Crippen LogP contribution < -0.4 is 5.32 Å². The van der Waals surface area contributed by atoms with Gasteiger partial charge in [0.2, 0.25) is 0 Å². The Kier molecular flexibility index (Phi) is 1.69. The molecule has 1 aliphatic heterocycles. The number of aliphatic imine (C=N–C) groups is 1. The predicted octanol–water partition coefficient (Wildman–Crippen LogP) is 0.798. The van der Waals surface area contributed by atoms with Crippen molar-refractivity contribution in [1.29, 1.82) is 0 Å². The van der Waals surface area contributed by atoms with Crippen LogP contribution in [0.4, 0.5) is 0 Å². The molecule has 0 aliphatic carbocycles. The van der Waals surface area contributed by atoms with Crippen LogP contribution in [0.3, 0.4) is 0 Å². The van der Waals surface area contributed by atoms with Gasteiger partial charge in [-0.1, -0.05) is 0 Å². The lowest BCUT2D eigenvalue weighted by Gasteiger charge is -2.07. The number of aromatic nitrogens is 1. The summed E-state index contributed by atoms with van der Waals surface area (Å²) in [5.74, 6) is 0.577. The van der Waals surface area contributed by atoms with E-state index in [2.05, 4.69) is 15.3 Å². The van der Waals surface area contributed by atoms with Gasteiger partial charge >= 0.3 is 0 Å². The maximum absolute atomic E-state index is 11.4. The van der Waals surface area contributed by atoms with Gasteiger partial charge in [-0.15, -0.1) is 11.3 Å². The highest BCUT2D eigenvalue weighted by atomic mass is 32.1. The van der Waals surface area contributed by atoms with Gasteiger partial charge in [-0.2, -0.15) is 0 Å². The summed E-state index contributed by atoms with van der Waals surface area (Å²) in [4.78, 5) is 20.5. The SMILES string of the molecule is CC1(C)N=C(c2cncs2)NC1=O. The van der Waals surface area contributed by atoms with Crippen molar-refractivity contribution in [3.05, 3.63) is 16.6 Å². The van der Waals surface area contributed by atoms with E-state index in [1.54, 1.807) is 25.6 Å². The number of carbonyl (C=O) groups is 1. The minimum Gasteiger partial charge on any atom is -0.308 e. The average Bonchev–Trinajstić information content (AvgIpc) is 2.60. The van der Waals surface area contributed by atoms with E-state index >= 15 is 0 Å². The summed E-state index contributed by atoms with van der Waals surface area (Å²) < 4.78 is 0. The lowest BCUT2D eigenvalue weighted by atomic mass is 10.1. The first-order valence-electron chi connectivity index (χ1n) is 3.90. The third kappa shape index (κ3) is 1.35. The van der Waals surface area contributed by atoms with Crippen molar-refractivity contribution < 1.29 is 4.79 Å². The Morgan fingerprint density at radius 3 is 2.77 bits per heavy atom. The molecule has 0 saturated heterocycles. The number of nitrogens with one attached hydrogen (secondary N) is 1. The monoisotopic (exact) mass is 195 g/mol. The van der Waals surface area contributed by atoms with Crippen molar-refractivity contribution in [2.24, 2.45) is 4.99 Å². The van der Waals surface area contributed by atoms with E-state index in [1.807, 2.05) is 0 Å². The second kappa shape index (κ2) is 2.63. The summed E-state index contributed by atoms with van der Waals surface area (Å²) >= 11 is 1.47. The quantitative estimate of drug-likeness (QED) is 0.720. The van der Waals surface area contributed by atoms with E-state index in [0.717, 1.165) is 4.88 Å². The minimum absolute atomic E-state index is 0.0594. The molecule has 0 bridgehead atoms. The summed E-state index contributed by atoms with van der Waals surface area (Å²) in [6.45, 7) is 3.58. The van der Waals surface area contributed by atoms with E-state index in [-0.39, 0.29) is 5.91 Å². The molecule has 1 aromatic rings. The summed E-state index contributed by atoms with van der Waals surface area (Å²) in [7, 11) is 0. The van der Waals surface area contributed by atoms with Gasteiger partial charge in [-0.25, -0.2) is 0 Å². The predicted molar refractivity (Wildman–Crippen MR) is 50.9 cm³/mol. The van der Waals surface area contributed by atoms with Crippen LogP contribution in [0.15, 0.2) is 16.7 Å². The number of hydrogen-bond donors (Lipinski definition) is 1. The summed E-state index contributed by atoms with van der Waals surface area (Å²) in [5.41, 5.74) is 1.08. The topological polar surface area (TPSA) is 54.4 Å². The number of thiazole rings is 1. The van der Waals surface area contributed by atoms with Gasteiger partial charge in [-0.05, 0) is 13.8 Å². The molecule has 2 rings (SSSR count). The standard InChI is InChI=1S/C8H9N3OS/c1-8(2)7(12)10-6(11-8)5-3-9-4-13-5/h3-4H,1-2H3,(H,10,11,12). The molecule has 1 aliphatic rings. The normalized spacial score (nSPS) is 19.8. The van der Waals surface area contributed by atoms with Gasteiger partial charge in [0.25, 0.3) is 5.91 Å². The fourth-order valence-electron chi connectivity index (χ4n) is 1.07. The Balaban J connectivity index is 2.35. The van der Waals surface area contributed by atoms with Crippen LogP contribution in [-0.4, -0.2) is 22.3 Å². The zero-order valence-electron chi connectivity index (χ0n) is 7.37.